The first-order chi connectivity index (χ1) is 17.8. The standard InChI is InChI=1S/C29H23BrClN3O3/c1-15-20(31)13-12-19-24(15)33-27(37)29(19)28(18-5-2-3-6-21(18)32-26(28)36)23(22-7-4-14-34(22)29)25(35)16-8-10-17(30)11-9-16/h2-3,5-6,8-13,22-23H,4,7,14H2,1H3,(H,32,36)(H,33,37)/t22-,23-,28+,29+/m1/s1. The van der Waals surface area contributed by atoms with E-state index >= 15 is 0 Å². The number of Topliss-reactive ketones (excluding diaryl/α,β-unsaturated/α-hetero) is 1. The molecule has 2 N–H and O–H groups in total. The topological polar surface area (TPSA) is 78.5 Å². The number of halogens is 2. The van der Waals surface area contributed by atoms with Crippen LogP contribution in [0.25, 0.3) is 0 Å². The second-order valence-electron chi connectivity index (χ2n) is 10.3. The Hall–Kier alpha value is -3.00. The molecule has 3 aromatic rings. The van der Waals surface area contributed by atoms with Crippen LogP contribution in [0, 0.1) is 12.8 Å². The zero-order valence-corrected chi connectivity index (χ0v) is 22.3. The van der Waals surface area contributed by atoms with E-state index in [4.69, 9.17) is 11.6 Å². The molecule has 2 amide bonds. The number of benzene rings is 3. The first kappa shape index (κ1) is 23.1. The number of nitrogens with zero attached hydrogens (tertiary/aromatic N) is 1. The van der Waals surface area contributed by atoms with Gasteiger partial charge in [-0.3, -0.25) is 19.3 Å². The van der Waals surface area contributed by atoms with Gasteiger partial charge in [-0.2, -0.15) is 0 Å². The van der Waals surface area contributed by atoms with E-state index in [9.17, 15) is 14.4 Å². The molecule has 0 radical (unpaired) electrons. The van der Waals surface area contributed by atoms with Crippen molar-refractivity contribution in [2.24, 2.45) is 5.92 Å². The van der Waals surface area contributed by atoms with E-state index in [1.54, 1.807) is 18.2 Å². The van der Waals surface area contributed by atoms with Gasteiger partial charge in [0.15, 0.2) is 5.78 Å². The maximum absolute atomic E-state index is 14.5. The molecule has 8 heteroatoms. The van der Waals surface area contributed by atoms with Crippen LogP contribution < -0.4 is 10.6 Å². The normalized spacial score (nSPS) is 29.4. The number of rotatable bonds is 2. The molecule has 3 aromatic carbocycles. The quantitative estimate of drug-likeness (QED) is 0.399. The molecular weight excluding hydrogens is 554 g/mol. The predicted molar refractivity (Wildman–Crippen MR) is 145 cm³/mol. The third kappa shape index (κ3) is 2.62. The second kappa shape index (κ2) is 7.76. The van der Waals surface area contributed by atoms with Crippen LogP contribution in [0.5, 0.6) is 0 Å². The maximum Gasteiger partial charge on any atom is 0.251 e. The van der Waals surface area contributed by atoms with Gasteiger partial charge in [-0.05, 0) is 61.7 Å². The van der Waals surface area contributed by atoms with Crippen molar-refractivity contribution in [3.8, 4) is 0 Å². The molecule has 2 fully saturated rings. The van der Waals surface area contributed by atoms with Crippen LogP contribution in [-0.2, 0) is 20.5 Å². The van der Waals surface area contributed by atoms with Crippen molar-refractivity contribution in [2.75, 3.05) is 17.2 Å². The smallest absolute Gasteiger partial charge is 0.251 e. The van der Waals surface area contributed by atoms with E-state index in [1.807, 2.05) is 49.4 Å². The van der Waals surface area contributed by atoms with Gasteiger partial charge < -0.3 is 10.6 Å². The van der Waals surface area contributed by atoms with E-state index < -0.39 is 16.9 Å². The first-order valence-electron chi connectivity index (χ1n) is 12.4. The van der Waals surface area contributed by atoms with Crippen LogP contribution in [0.3, 0.4) is 0 Å². The summed E-state index contributed by atoms with van der Waals surface area (Å²) >= 11 is 9.93. The Bertz CT molecular complexity index is 1540. The van der Waals surface area contributed by atoms with Gasteiger partial charge >= 0.3 is 0 Å². The summed E-state index contributed by atoms with van der Waals surface area (Å²) in [6.07, 6.45) is 1.56. The molecule has 4 atom stereocenters. The molecule has 0 aliphatic carbocycles. The molecule has 7 rings (SSSR count). The number of anilines is 2. The van der Waals surface area contributed by atoms with Crippen LogP contribution in [0.2, 0.25) is 5.02 Å². The average molecular weight is 577 g/mol. The van der Waals surface area contributed by atoms with Crippen molar-refractivity contribution < 1.29 is 14.4 Å². The van der Waals surface area contributed by atoms with Crippen molar-refractivity contribution in [2.45, 2.75) is 36.8 Å². The van der Waals surface area contributed by atoms with Crippen molar-refractivity contribution in [1.29, 1.82) is 0 Å². The summed E-state index contributed by atoms with van der Waals surface area (Å²) in [6.45, 7) is 2.48. The summed E-state index contributed by atoms with van der Waals surface area (Å²) in [5.74, 6) is -1.47. The Morgan fingerprint density at radius 2 is 1.76 bits per heavy atom. The average Bonchev–Trinajstić information content (AvgIpc) is 3.61. The Morgan fingerprint density at radius 3 is 2.54 bits per heavy atom. The zero-order chi connectivity index (χ0) is 25.7. The monoisotopic (exact) mass is 575 g/mol. The first-order valence-corrected chi connectivity index (χ1v) is 13.6. The van der Waals surface area contributed by atoms with E-state index in [1.165, 1.54) is 0 Å². The fourth-order valence-corrected chi connectivity index (χ4v) is 7.98. The van der Waals surface area contributed by atoms with E-state index in [0.29, 0.717) is 39.6 Å². The molecule has 2 saturated heterocycles. The molecule has 0 saturated carbocycles. The summed E-state index contributed by atoms with van der Waals surface area (Å²) in [6, 6.07) is 18.1. The van der Waals surface area contributed by atoms with Gasteiger partial charge in [0.05, 0.1) is 11.6 Å². The highest BCUT2D eigenvalue weighted by molar-refractivity contribution is 9.10. The molecule has 0 bridgehead atoms. The number of carbonyl (C=O) groups is 3. The molecule has 186 valence electrons. The summed E-state index contributed by atoms with van der Waals surface area (Å²) in [5, 5.41) is 6.70. The van der Waals surface area contributed by atoms with Gasteiger partial charge in [0.1, 0.15) is 11.0 Å². The lowest BCUT2D eigenvalue weighted by atomic mass is 9.57. The Labute approximate surface area is 227 Å². The van der Waals surface area contributed by atoms with Crippen LogP contribution in [0.4, 0.5) is 11.4 Å². The summed E-state index contributed by atoms with van der Waals surface area (Å²) in [5.41, 5.74) is 1.14. The largest absolute Gasteiger partial charge is 0.325 e. The summed E-state index contributed by atoms with van der Waals surface area (Å²) < 4.78 is 0.865. The summed E-state index contributed by atoms with van der Waals surface area (Å²) in [7, 11) is 0. The minimum Gasteiger partial charge on any atom is -0.325 e. The predicted octanol–water partition coefficient (Wildman–Crippen LogP) is 5.43. The van der Waals surface area contributed by atoms with E-state index in [2.05, 4.69) is 31.5 Å². The zero-order valence-electron chi connectivity index (χ0n) is 20.0. The van der Waals surface area contributed by atoms with Gasteiger partial charge in [0.2, 0.25) is 5.91 Å². The van der Waals surface area contributed by atoms with Gasteiger partial charge in [-0.15, -0.1) is 0 Å². The fourth-order valence-electron chi connectivity index (χ4n) is 7.56. The minimum atomic E-state index is -1.45. The second-order valence-corrected chi connectivity index (χ2v) is 11.6. The number of para-hydroxylation sites is 1. The molecule has 37 heavy (non-hydrogen) atoms. The number of carbonyl (C=O) groups excluding carboxylic acids is 3. The third-order valence-corrected chi connectivity index (χ3v) is 9.82. The highest BCUT2D eigenvalue weighted by Crippen LogP contribution is 2.68. The van der Waals surface area contributed by atoms with Crippen LogP contribution in [0.1, 0.15) is 39.9 Å². The highest BCUT2D eigenvalue weighted by Gasteiger charge is 2.81. The number of amides is 2. The molecule has 6 nitrogen and oxygen atoms in total. The maximum atomic E-state index is 14.5. The van der Waals surface area contributed by atoms with E-state index in [0.717, 1.165) is 22.9 Å². The van der Waals surface area contributed by atoms with Crippen molar-refractivity contribution in [1.82, 2.24) is 4.90 Å². The minimum absolute atomic E-state index is 0.125. The molecule has 0 unspecified atom stereocenters. The third-order valence-electron chi connectivity index (χ3n) is 8.88. The lowest BCUT2D eigenvalue weighted by Crippen LogP contribution is -2.62. The van der Waals surface area contributed by atoms with Crippen LogP contribution in [0.15, 0.2) is 65.1 Å². The number of fused-ring (bicyclic) bond motifs is 7. The van der Waals surface area contributed by atoms with E-state index in [-0.39, 0.29) is 23.6 Å². The molecule has 4 heterocycles. The SMILES string of the molecule is Cc1c(Cl)ccc2c1NC(=O)[C@@]21N2CCC[C@@H]2[C@H](C(=O)c2ccc(Br)cc2)[C@@]12C(=O)Nc1ccccc12. The highest BCUT2D eigenvalue weighted by atomic mass is 79.9. The molecule has 4 aliphatic heterocycles. The number of hydrogen-bond donors (Lipinski definition) is 2. The number of ketones is 1. The van der Waals surface area contributed by atoms with Crippen molar-refractivity contribution in [3.63, 3.8) is 0 Å². The van der Waals surface area contributed by atoms with Crippen LogP contribution in [-0.4, -0.2) is 35.1 Å². The fraction of sp³-hybridized carbons (Fsp3) is 0.276. The Kier molecular flexibility index (Phi) is 4.85. The molecule has 2 spiro atoms. The van der Waals surface area contributed by atoms with Gasteiger partial charge in [0, 0.05) is 32.4 Å². The lowest BCUT2D eigenvalue weighted by Gasteiger charge is -2.43. The molecule has 4 aliphatic rings. The van der Waals surface area contributed by atoms with Crippen molar-refractivity contribution >= 4 is 56.5 Å². The number of nitrogens with one attached hydrogen (secondary N) is 2. The van der Waals surface area contributed by atoms with Gasteiger partial charge in [-0.1, -0.05) is 63.9 Å². The molecular formula is C29H23BrClN3O3. The number of hydrogen-bond acceptors (Lipinski definition) is 4. The lowest BCUT2D eigenvalue weighted by molar-refractivity contribution is -0.137. The summed E-state index contributed by atoms with van der Waals surface area (Å²) in [4.78, 5) is 45.6. The Morgan fingerprint density at radius 1 is 1.00 bits per heavy atom. The van der Waals surface area contributed by atoms with Gasteiger partial charge in [-0.25, -0.2) is 0 Å². The van der Waals surface area contributed by atoms with Gasteiger partial charge in [0.25, 0.3) is 5.91 Å². The van der Waals surface area contributed by atoms with Crippen molar-refractivity contribution in [3.05, 3.63) is 92.4 Å². The molecule has 0 aromatic heterocycles. The Balaban J connectivity index is 1.59. The van der Waals surface area contributed by atoms with Crippen LogP contribution >= 0.6 is 27.5 Å².